The second-order valence-electron chi connectivity index (χ2n) is 3.82. The number of ether oxygens (including phenoxy) is 1. The Hall–Kier alpha value is -1.00. The van der Waals surface area contributed by atoms with Gasteiger partial charge in [0.05, 0.1) is 12.7 Å². The summed E-state index contributed by atoms with van der Waals surface area (Å²) in [6.07, 6.45) is -0.941. The van der Waals surface area contributed by atoms with Crippen LogP contribution in [0.4, 0.5) is 0 Å². The van der Waals surface area contributed by atoms with Gasteiger partial charge in [-0.3, -0.25) is 0 Å². The maximum Gasteiger partial charge on any atom is 0.345 e. The van der Waals surface area contributed by atoms with Crippen LogP contribution in [-0.4, -0.2) is 62.3 Å². The molecule has 7 nitrogen and oxygen atoms in total. The molecule has 2 N–H and O–H groups in total. The Morgan fingerprint density at radius 2 is 2.16 bits per heavy atom. The second kappa shape index (κ2) is 6.44. The number of carboxylic acids is 1. The zero-order valence-corrected chi connectivity index (χ0v) is 12.1. The predicted molar refractivity (Wildman–Crippen MR) is 69.0 cm³/mol. The molecule has 1 rings (SSSR count). The highest BCUT2D eigenvalue weighted by Gasteiger charge is 2.25. The molecular weight excluding hydrogens is 294 g/mol. The molecule has 0 saturated carbocycles. The molecule has 19 heavy (non-hydrogen) atoms. The molecule has 0 aromatic carbocycles. The van der Waals surface area contributed by atoms with Crippen LogP contribution in [0.1, 0.15) is 9.67 Å². The topological polar surface area (TPSA) is 104 Å². The van der Waals surface area contributed by atoms with Crippen molar-refractivity contribution in [2.75, 3.05) is 27.3 Å². The van der Waals surface area contributed by atoms with Crippen molar-refractivity contribution >= 4 is 27.3 Å². The Labute approximate surface area is 115 Å². The molecule has 0 amide bonds. The molecule has 0 aliphatic heterocycles. The Kier molecular flexibility index (Phi) is 5.44. The molecule has 1 unspecified atom stereocenters. The molecule has 1 aromatic heterocycles. The van der Waals surface area contributed by atoms with Gasteiger partial charge in [0.25, 0.3) is 10.0 Å². The summed E-state index contributed by atoms with van der Waals surface area (Å²) >= 11 is 0.675. The number of sulfonamides is 1. The molecule has 0 radical (unpaired) electrons. The summed E-state index contributed by atoms with van der Waals surface area (Å²) in [7, 11) is -1.08. The molecule has 0 spiro atoms. The van der Waals surface area contributed by atoms with Crippen molar-refractivity contribution in [3.05, 3.63) is 17.0 Å². The van der Waals surface area contributed by atoms with Gasteiger partial charge in [-0.2, -0.15) is 4.31 Å². The lowest BCUT2D eigenvalue weighted by atomic mass is 10.4. The Bertz CT molecular complexity index is 538. The van der Waals surface area contributed by atoms with Crippen molar-refractivity contribution in [2.24, 2.45) is 0 Å². The number of carbonyl (C=O) groups is 1. The van der Waals surface area contributed by atoms with E-state index >= 15 is 0 Å². The molecule has 0 aliphatic rings. The molecule has 1 aromatic rings. The molecule has 0 bridgehead atoms. The third kappa shape index (κ3) is 3.98. The number of nitrogens with zero attached hydrogens (tertiary/aromatic N) is 1. The van der Waals surface area contributed by atoms with Crippen LogP contribution in [-0.2, 0) is 14.8 Å². The molecular formula is C10H15NO6S2. The summed E-state index contributed by atoms with van der Waals surface area (Å²) in [5.74, 6) is -1.17. The molecule has 1 atom stereocenters. The SMILES string of the molecule is COCC(O)CN(C)S(=O)(=O)c1ccc(C(=O)O)s1. The molecule has 108 valence electrons. The molecule has 0 fully saturated rings. The van der Waals surface area contributed by atoms with E-state index in [0.717, 1.165) is 4.31 Å². The van der Waals surface area contributed by atoms with Crippen LogP contribution in [0.2, 0.25) is 0 Å². The van der Waals surface area contributed by atoms with Crippen molar-refractivity contribution in [3.63, 3.8) is 0 Å². The van der Waals surface area contributed by atoms with Gasteiger partial charge in [0.15, 0.2) is 0 Å². The van der Waals surface area contributed by atoms with Crippen LogP contribution >= 0.6 is 11.3 Å². The van der Waals surface area contributed by atoms with Gasteiger partial charge in [-0.15, -0.1) is 11.3 Å². The third-order valence-electron chi connectivity index (χ3n) is 2.28. The van der Waals surface area contributed by atoms with E-state index in [2.05, 4.69) is 0 Å². The van der Waals surface area contributed by atoms with Gasteiger partial charge >= 0.3 is 5.97 Å². The number of aromatic carboxylic acids is 1. The van der Waals surface area contributed by atoms with Gasteiger partial charge in [0.1, 0.15) is 9.09 Å². The lowest BCUT2D eigenvalue weighted by molar-refractivity contribution is 0.0554. The first-order valence-electron chi connectivity index (χ1n) is 5.25. The lowest BCUT2D eigenvalue weighted by Gasteiger charge is -2.19. The number of aliphatic hydroxyl groups is 1. The number of carboxylic acid groups (broad SMARTS) is 1. The van der Waals surface area contributed by atoms with Crippen LogP contribution in [0.3, 0.4) is 0 Å². The van der Waals surface area contributed by atoms with Crippen molar-refractivity contribution in [1.82, 2.24) is 4.31 Å². The standard InChI is InChI=1S/C10H15NO6S2/c1-11(5-7(12)6-17-2)19(15,16)9-4-3-8(18-9)10(13)14/h3-4,7,12H,5-6H2,1-2H3,(H,13,14). The van der Waals surface area contributed by atoms with Gasteiger partial charge in [0.2, 0.25) is 0 Å². The van der Waals surface area contributed by atoms with Crippen molar-refractivity contribution in [2.45, 2.75) is 10.3 Å². The summed E-state index contributed by atoms with van der Waals surface area (Å²) in [6.45, 7) is -0.110. The molecule has 1 heterocycles. The van der Waals surface area contributed by atoms with Crippen molar-refractivity contribution < 1.29 is 28.2 Å². The zero-order chi connectivity index (χ0) is 14.6. The number of likely N-dealkylation sites (N-methyl/N-ethyl adjacent to an activating group) is 1. The first-order chi connectivity index (χ1) is 8.78. The fraction of sp³-hybridized carbons (Fsp3) is 0.500. The summed E-state index contributed by atoms with van der Waals surface area (Å²) in [6, 6.07) is 2.47. The van der Waals surface area contributed by atoms with E-state index in [4.69, 9.17) is 9.84 Å². The quantitative estimate of drug-likeness (QED) is 0.739. The van der Waals surface area contributed by atoms with Gasteiger partial charge in [-0.05, 0) is 12.1 Å². The van der Waals surface area contributed by atoms with Crippen LogP contribution in [0.5, 0.6) is 0 Å². The van der Waals surface area contributed by atoms with Crippen LogP contribution < -0.4 is 0 Å². The number of aliphatic hydroxyl groups excluding tert-OH is 1. The molecule has 9 heteroatoms. The third-order valence-corrected chi connectivity index (χ3v) is 5.65. The van der Waals surface area contributed by atoms with Gasteiger partial charge in [-0.1, -0.05) is 0 Å². The average molecular weight is 309 g/mol. The van der Waals surface area contributed by atoms with Crippen molar-refractivity contribution in [1.29, 1.82) is 0 Å². The van der Waals surface area contributed by atoms with E-state index in [9.17, 15) is 18.3 Å². The number of thiophene rings is 1. The normalized spacial score (nSPS) is 13.7. The highest BCUT2D eigenvalue weighted by atomic mass is 32.2. The van der Waals surface area contributed by atoms with Gasteiger partial charge in [-0.25, -0.2) is 13.2 Å². The number of hydrogen-bond acceptors (Lipinski definition) is 6. The molecule has 0 saturated heterocycles. The summed E-state index contributed by atoms with van der Waals surface area (Å²) in [5, 5.41) is 18.3. The number of methoxy groups -OCH3 is 1. The summed E-state index contributed by atoms with van der Waals surface area (Å²) in [4.78, 5) is 10.7. The maximum absolute atomic E-state index is 12.1. The summed E-state index contributed by atoms with van der Waals surface area (Å²) in [5.41, 5.74) is 0. The smallest absolute Gasteiger partial charge is 0.345 e. The van der Waals surface area contributed by atoms with E-state index in [-0.39, 0.29) is 22.2 Å². The van der Waals surface area contributed by atoms with Crippen LogP contribution in [0, 0.1) is 0 Å². The fourth-order valence-corrected chi connectivity index (χ4v) is 3.93. The Balaban J connectivity index is 2.87. The average Bonchev–Trinajstić information content (AvgIpc) is 2.78. The second-order valence-corrected chi connectivity index (χ2v) is 7.17. The number of hydrogen-bond donors (Lipinski definition) is 2. The largest absolute Gasteiger partial charge is 0.477 e. The summed E-state index contributed by atoms with van der Waals surface area (Å²) < 4.78 is 29.8. The minimum Gasteiger partial charge on any atom is -0.477 e. The van der Waals surface area contributed by atoms with Gasteiger partial charge < -0.3 is 14.9 Å². The van der Waals surface area contributed by atoms with E-state index < -0.39 is 22.1 Å². The first kappa shape index (κ1) is 16.1. The highest BCUT2D eigenvalue weighted by molar-refractivity contribution is 7.91. The predicted octanol–water partition coefficient (Wildman–Crippen LogP) is 0.0741. The minimum absolute atomic E-state index is 0.0185. The molecule has 0 aliphatic carbocycles. The lowest BCUT2D eigenvalue weighted by Crippen LogP contribution is -2.35. The zero-order valence-electron chi connectivity index (χ0n) is 10.4. The van der Waals surface area contributed by atoms with E-state index in [1.807, 2.05) is 0 Å². The Morgan fingerprint density at radius 3 is 2.63 bits per heavy atom. The van der Waals surface area contributed by atoms with E-state index in [0.29, 0.717) is 11.3 Å². The first-order valence-corrected chi connectivity index (χ1v) is 7.51. The van der Waals surface area contributed by atoms with Crippen LogP contribution in [0.25, 0.3) is 0 Å². The minimum atomic E-state index is -3.79. The Morgan fingerprint density at radius 1 is 1.53 bits per heavy atom. The maximum atomic E-state index is 12.1. The van der Waals surface area contributed by atoms with Crippen molar-refractivity contribution in [3.8, 4) is 0 Å². The fourth-order valence-electron chi connectivity index (χ4n) is 1.37. The number of rotatable bonds is 7. The monoisotopic (exact) mass is 309 g/mol. The van der Waals surface area contributed by atoms with E-state index in [1.165, 1.54) is 26.3 Å². The van der Waals surface area contributed by atoms with Gasteiger partial charge in [0, 0.05) is 20.7 Å². The highest BCUT2D eigenvalue weighted by Crippen LogP contribution is 2.24. The van der Waals surface area contributed by atoms with Crippen LogP contribution in [0.15, 0.2) is 16.3 Å². The van der Waals surface area contributed by atoms with E-state index in [1.54, 1.807) is 0 Å².